The molecule has 1 fully saturated rings. The minimum Gasteiger partial charge on any atom is -0.322 e. The van der Waals surface area contributed by atoms with Crippen molar-refractivity contribution in [3.05, 3.63) is 65.5 Å². The molecule has 0 spiro atoms. The van der Waals surface area contributed by atoms with Crippen LogP contribution in [0, 0.1) is 11.3 Å². The van der Waals surface area contributed by atoms with E-state index < -0.39 is 0 Å². The minimum atomic E-state index is 0. The smallest absolute Gasteiger partial charge is 0.124 e. The van der Waals surface area contributed by atoms with Gasteiger partial charge in [0.05, 0.1) is 35.8 Å². The lowest BCUT2D eigenvalue weighted by molar-refractivity contribution is 0.318. The predicted molar refractivity (Wildman–Crippen MR) is 109 cm³/mol. The molecule has 1 aliphatic rings. The summed E-state index contributed by atoms with van der Waals surface area (Å²) in [5.41, 5.74) is 3.95. The second kappa shape index (κ2) is 9.05. The Morgan fingerprint density at radius 2 is 1.62 bits per heavy atom. The van der Waals surface area contributed by atoms with E-state index in [1.165, 1.54) is 12.8 Å². The molecule has 26 heavy (non-hydrogen) atoms. The van der Waals surface area contributed by atoms with Gasteiger partial charge in [0, 0.05) is 0 Å². The highest BCUT2D eigenvalue weighted by molar-refractivity contribution is 5.85. The number of hydrogen-bond acceptors (Lipinski definition) is 3. The van der Waals surface area contributed by atoms with E-state index in [-0.39, 0.29) is 24.8 Å². The zero-order valence-electron chi connectivity index (χ0n) is 14.5. The topological polar surface area (TPSA) is 44.9 Å². The maximum absolute atomic E-state index is 9.38. The van der Waals surface area contributed by atoms with Crippen LogP contribution in [-0.4, -0.2) is 27.5 Å². The first kappa shape index (κ1) is 20.3. The molecule has 4 rings (SSSR count). The van der Waals surface area contributed by atoms with Crippen LogP contribution in [0.5, 0.6) is 0 Å². The van der Waals surface area contributed by atoms with Gasteiger partial charge in [0.2, 0.25) is 0 Å². The number of aromatic nitrogens is 2. The minimum absolute atomic E-state index is 0. The average Bonchev–Trinajstić information content (AvgIpc) is 3.24. The highest BCUT2D eigenvalue weighted by Gasteiger charge is 2.17. The first-order chi connectivity index (χ1) is 11.8. The number of benzene rings is 2. The summed E-state index contributed by atoms with van der Waals surface area (Å²) in [7, 11) is 0. The third-order valence-corrected chi connectivity index (χ3v) is 4.76. The highest BCUT2D eigenvalue weighted by Crippen LogP contribution is 2.21. The van der Waals surface area contributed by atoms with Gasteiger partial charge >= 0.3 is 0 Å². The quantitative estimate of drug-likeness (QED) is 0.665. The Hall–Kier alpha value is -2.06. The van der Waals surface area contributed by atoms with E-state index in [2.05, 4.69) is 33.7 Å². The molecule has 0 amide bonds. The molecule has 0 saturated carbocycles. The van der Waals surface area contributed by atoms with Gasteiger partial charge in [-0.3, -0.25) is 4.90 Å². The number of hydrogen-bond donors (Lipinski definition) is 0. The van der Waals surface area contributed by atoms with E-state index in [0.717, 1.165) is 47.6 Å². The summed E-state index contributed by atoms with van der Waals surface area (Å²) in [6.45, 7) is 3.87. The van der Waals surface area contributed by atoms with Crippen LogP contribution in [-0.2, 0) is 13.1 Å². The normalized spacial score (nSPS) is 13.8. The molecule has 1 saturated heterocycles. The number of halogens is 2. The molecule has 0 unspecified atom stereocenters. The molecular weight excluding hydrogens is 367 g/mol. The van der Waals surface area contributed by atoms with Gasteiger partial charge in [-0.25, -0.2) is 4.98 Å². The highest BCUT2D eigenvalue weighted by atomic mass is 35.5. The van der Waals surface area contributed by atoms with Crippen LogP contribution in [0.3, 0.4) is 0 Å². The summed E-state index contributed by atoms with van der Waals surface area (Å²) in [5, 5.41) is 9.38. The van der Waals surface area contributed by atoms with Gasteiger partial charge in [-0.1, -0.05) is 30.3 Å². The fraction of sp³-hybridized carbons (Fsp3) is 0.300. The zero-order valence-corrected chi connectivity index (χ0v) is 16.1. The van der Waals surface area contributed by atoms with Gasteiger partial charge in [0.25, 0.3) is 0 Å². The Kier molecular flexibility index (Phi) is 7.05. The third kappa shape index (κ3) is 4.02. The van der Waals surface area contributed by atoms with Gasteiger partial charge in [0.1, 0.15) is 5.82 Å². The Bertz CT molecular complexity index is 908. The molecule has 136 valence electrons. The lowest BCUT2D eigenvalue weighted by Gasteiger charge is -2.16. The van der Waals surface area contributed by atoms with Gasteiger partial charge in [0.15, 0.2) is 0 Å². The van der Waals surface area contributed by atoms with Crippen LogP contribution in [0.2, 0.25) is 0 Å². The van der Waals surface area contributed by atoms with E-state index in [0.29, 0.717) is 6.54 Å². The molecule has 4 nitrogen and oxygen atoms in total. The van der Waals surface area contributed by atoms with Crippen molar-refractivity contribution >= 4 is 35.8 Å². The fourth-order valence-electron chi connectivity index (χ4n) is 3.50. The number of para-hydroxylation sites is 2. The van der Waals surface area contributed by atoms with Crippen LogP contribution in [0.1, 0.15) is 29.8 Å². The van der Waals surface area contributed by atoms with E-state index >= 15 is 0 Å². The molecule has 0 atom stereocenters. The molecule has 0 radical (unpaired) electrons. The van der Waals surface area contributed by atoms with Crippen LogP contribution in [0.25, 0.3) is 11.0 Å². The molecule has 0 bridgehead atoms. The van der Waals surface area contributed by atoms with Crippen LogP contribution >= 0.6 is 24.8 Å². The Balaban J connectivity index is 0.00000121. The molecule has 2 aromatic carbocycles. The molecule has 0 N–H and O–H groups in total. The first-order valence-electron chi connectivity index (χ1n) is 8.49. The number of fused-ring (bicyclic) bond motifs is 1. The number of nitriles is 1. The van der Waals surface area contributed by atoms with Crippen molar-refractivity contribution in [1.29, 1.82) is 5.26 Å². The Morgan fingerprint density at radius 1 is 0.923 bits per heavy atom. The molecule has 1 aliphatic heterocycles. The third-order valence-electron chi connectivity index (χ3n) is 4.76. The maximum atomic E-state index is 9.38. The molecular formula is C20H22Cl2N4. The monoisotopic (exact) mass is 388 g/mol. The van der Waals surface area contributed by atoms with Crippen molar-refractivity contribution < 1.29 is 0 Å². The Labute approximate surface area is 166 Å². The maximum Gasteiger partial charge on any atom is 0.124 e. The summed E-state index contributed by atoms with van der Waals surface area (Å²) < 4.78 is 2.27. The first-order valence-corrected chi connectivity index (χ1v) is 8.49. The van der Waals surface area contributed by atoms with E-state index in [1.807, 2.05) is 30.3 Å². The summed E-state index contributed by atoms with van der Waals surface area (Å²) in [6.07, 6.45) is 2.55. The van der Waals surface area contributed by atoms with Crippen molar-refractivity contribution in [2.45, 2.75) is 25.9 Å². The molecule has 2 heterocycles. The lowest BCUT2D eigenvalue weighted by Crippen LogP contribution is -2.21. The van der Waals surface area contributed by atoms with Crippen molar-refractivity contribution in [3.8, 4) is 6.07 Å². The number of rotatable bonds is 4. The molecule has 6 heteroatoms. The summed E-state index contributed by atoms with van der Waals surface area (Å²) in [4.78, 5) is 7.33. The van der Waals surface area contributed by atoms with Crippen molar-refractivity contribution in [1.82, 2.24) is 14.5 Å². The molecule has 1 aromatic heterocycles. The number of imidazole rings is 1. The summed E-state index contributed by atoms with van der Waals surface area (Å²) >= 11 is 0. The van der Waals surface area contributed by atoms with Crippen molar-refractivity contribution in [3.63, 3.8) is 0 Å². The molecule has 3 aromatic rings. The van der Waals surface area contributed by atoms with E-state index in [1.54, 1.807) is 0 Å². The average molecular weight is 389 g/mol. The molecule has 0 aliphatic carbocycles. The second-order valence-corrected chi connectivity index (χ2v) is 6.36. The van der Waals surface area contributed by atoms with Gasteiger partial charge < -0.3 is 4.57 Å². The van der Waals surface area contributed by atoms with E-state index in [4.69, 9.17) is 4.98 Å². The lowest BCUT2D eigenvalue weighted by atomic mass is 10.1. The van der Waals surface area contributed by atoms with Crippen LogP contribution < -0.4 is 0 Å². The predicted octanol–water partition coefficient (Wildman–Crippen LogP) is 4.40. The van der Waals surface area contributed by atoms with Crippen molar-refractivity contribution in [2.24, 2.45) is 0 Å². The van der Waals surface area contributed by atoms with Crippen molar-refractivity contribution in [2.75, 3.05) is 13.1 Å². The summed E-state index contributed by atoms with van der Waals surface area (Å²) in [6, 6.07) is 18.4. The SMILES string of the molecule is Cl.Cl.N#Cc1ccccc1Cn1c(CN2CCCC2)nc2ccccc21. The number of nitrogens with zero attached hydrogens (tertiary/aromatic N) is 4. The largest absolute Gasteiger partial charge is 0.322 e. The van der Waals surface area contributed by atoms with Crippen LogP contribution in [0.4, 0.5) is 0 Å². The number of likely N-dealkylation sites (tertiary alicyclic amines) is 1. The fourth-order valence-corrected chi connectivity index (χ4v) is 3.50. The second-order valence-electron chi connectivity index (χ2n) is 6.36. The van der Waals surface area contributed by atoms with Gasteiger partial charge in [-0.2, -0.15) is 5.26 Å². The Morgan fingerprint density at radius 3 is 2.38 bits per heavy atom. The summed E-state index contributed by atoms with van der Waals surface area (Å²) in [5.74, 6) is 1.09. The van der Waals surface area contributed by atoms with Gasteiger partial charge in [-0.05, 0) is 49.7 Å². The van der Waals surface area contributed by atoms with Gasteiger partial charge in [-0.15, -0.1) is 24.8 Å². The van der Waals surface area contributed by atoms with E-state index in [9.17, 15) is 5.26 Å². The van der Waals surface area contributed by atoms with Crippen LogP contribution in [0.15, 0.2) is 48.5 Å². The zero-order chi connectivity index (χ0) is 16.4. The standard InChI is InChI=1S/C20H20N4.2ClH/c21-13-16-7-1-2-8-17(16)14-24-19-10-4-3-9-18(19)22-20(24)15-23-11-5-6-12-23;;/h1-4,7-10H,5-6,11-12,14-15H2;2*1H.